The van der Waals surface area contributed by atoms with E-state index in [0.29, 0.717) is 0 Å². The summed E-state index contributed by atoms with van der Waals surface area (Å²) < 4.78 is 31.6. The zero-order valence-corrected chi connectivity index (χ0v) is 7.03. The molecule has 7 heteroatoms. The van der Waals surface area contributed by atoms with Crippen molar-refractivity contribution in [1.29, 1.82) is 0 Å². The average molecular weight is 246 g/mol. The molecule has 0 saturated heterocycles. The van der Waals surface area contributed by atoms with E-state index in [1.807, 2.05) is 0 Å². The van der Waals surface area contributed by atoms with E-state index >= 15 is 0 Å². The molecule has 0 rings (SSSR count). The molecule has 0 aliphatic heterocycles. The van der Waals surface area contributed by atoms with E-state index in [1.165, 1.54) is 0 Å². The van der Waals surface area contributed by atoms with Gasteiger partial charge in [0.05, 0.1) is 0 Å². The maximum atomic E-state index is 8.74. The van der Waals surface area contributed by atoms with Gasteiger partial charge in [-0.2, -0.15) is 8.42 Å². The third kappa shape index (κ3) is 154. The third-order valence-corrected chi connectivity index (χ3v) is 0. The predicted octanol–water partition coefficient (Wildman–Crippen LogP) is -0.658. The van der Waals surface area contributed by atoms with Gasteiger partial charge in [0.15, 0.2) is 0 Å². The molecule has 0 aromatic carbocycles. The average Bonchev–Trinajstić information content (AvgIpc) is 0.722. The van der Waals surface area contributed by atoms with Crippen LogP contribution < -0.4 is 0 Å². The van der Waals surface area contributed by atoms with Gasteiger partial charge in [0.2, 0.25) is 0 Å². The molecule has 0 aromatic rings. The second kappa shape index (κ2) is 5.23. The quantitative estimate of drug-likeness (QED) is 0.439. The van der Waals surface area contributed by atoms with Crippen LogP contribution in [0.5, 0.6) is 0 Å². The van der Waals surface area contributed by atoms with Crippen LogP contribution >= 0.6 is 0 Å². The Morgan fingerprint density at radius 2 is 1.14 bits per heavy atom. The minimum Gasteiger partial charge on any atom is -0.264 e. The van der Waals surface area contributed by atoms with Crippen molar-refractivity contribution in [2.45, 2.75) is 0 Å². The zero-order valence-electron chi connectivity index (χ0n) is 2.94. The molecule has 0 atom stereocenters. The van der Waals surface area contributed by atoms with Crippen molar-refractivity contribution in [2.24, 2.45) is 0 Å². The van der Waals surface area contributed by atoms with Crippen molar-refractivity contribution < 1.29 is 55.9 Å². The number of hydrogen-bond donors (Lipinski definition) is 2. The van der Waals surface area contributed by atoms with Gasteiger partial charge < -0.3 is 0 Å². The predicted molar refractivity (Wildman–Crippen MR) is 14.2 cm³/mol. The van der Waals surface area contributed by atoms with E-state index in [0.717, 1.165) is 0 Å². The van der Waals surface area contributed by atoms with Crippen LogP contribution in [0, 0.1) is 0 Å². The molecule has 4 nitrogen and oxygen atoms in total. The fraction of sp³-hybridized carbons (Fsp3) is 0. The Morgan fingerprint density at radius 1 is 1.14 bits per heavy atom. The van der Waals surface area contributed by atoms with Gasteiger partial charge in [-0.3, -0.25) is 9.11 Å². The van der Waals surface area contributed by atoms with Crippen LogP contribution in [-0.2, 0) is 48.8 Å². The Bertz CT molecular complexity index is 94.9. The Morgan fingerprint density at radius 3 is 1.14 bits per heavy atom. The van der Waals surface area contributed by atoms with E-state index in [1.54, 1.807) is 0 Å². The van der Waals surface area contributed by atoms with E-state index in [2.05, 4.69) is 0 Å². The van der Waals surface area contributed by atoms with Gasteiger partial charge in [-0.25, -0.2) is 0 Å². The van der Waals surface area contributed by atoms with Crippen molar-refractivity contribution in [3.8, 4) is 0 Å². The van der Waals surface area contributed by atoms with Crippen LogP contribution in [0.4, 0.5) is 0 Å². The molecule has 0 aliphatic rings. The summed E-state index contributed by atoms with van der Waals surface area (Å²) in [6.07, 6.45) is 0. The minimum atomic E-state index is -4.67. The molecule has 0 amide bonds. The molecular weight excluding hydrogens is 244 g/mol. The normalized spacial score (nSPS) is 8.29. The molecular formula is H2CrMoO4S. The second-order valence-electron chi connectivity index (χ2n) is 0.448. The largest absolute Gasteiger partial charge is 0.394 e. The fourth-order valence-corrected chi connectivity index (χ4v) is 0. The monoisotopic (exact) mass is 248 g/mol. The summed E-state index contributed by atoms with van der Waals surface area (Å²) >= 11 is 0. The van der Waals surface area contributed by atoms with Crippen LogP contribution in [0.2, 0.25) is 0 Å². The summed E-state index contributed by atoms with van der Waals surface area (Å²) in [7, 11) is -4.67. The molecule has 0 fully saturated rings. The SMILES string of the molecule is O=S(=O)(O)O.[Cr].[Mo]. The Balaban J connectivity index is -0.0000000800. The molecule has 0 aliphatic carbocycles. The summed E-state index contributed by atoms with van der Waals surface area (Å²) in [6, 6.07) is 0. The van der Waals surface area contributed by atoms with Crippen LogP contribution in [0.25, 0.3) is 0 Å². The van der Waals surface area contributed by atoms with Crippen molar-refractivity contribution in [2.75, 3.05) is 0 Å². The van der Waals surface area contributed by atoms with Crippen LogP contribution in [-0.4, -0.2) is 17.5 Å². The van der Waals surface area contributed by atoms with Crippen LogP contribution in [0.3, 0.4) is 0 Å². The smallest absolute Gasteiger partial charge is 0.264 e. The van der Waals surface area contributed by atoms with Gasteiger partial charge >= 0.3 is 10.4 Å². The van der Waals surface area contributed by atoms with Gasteiger partial charge in [0.25, 0.3) is 0 Å². The molecule has 2 N–H and O–H groups in total. The Labute approximate surface area is 66.3 Å². The van der Waals surface area contributed by atoms with E-state index in [-0.39, 0.29) is 38.4 Å². The molecule has 0 radical (unpaired) electrons. The summed E-state index contributed by atoms with van der Waals surface area (Å²) in [4.78, 5) is 0. The first-order valence-corrected chi connectivity index (χ1v) is 2.10. The first-order chi connectivity index (χ1) is 2.00. The van der Waals surface area contributed by atoms with E-state index < -0.39 is 10.4 Å². The molecule has 0 spiro atoms. The van der Waals surface area contributed by atoms with Crippen LogP contribution in [0.1, 0.15) is 0 Å². The third-order valence-electron chi connectivity index (χ3n) is 0. The fourth-order valence-electron chi connectivity index (χ4n) is 0. The van der Waals surface area contributed by atoms with E-state index in [4.69, 9.17) is 17.5 Å². The van der Waals surface area contributed by atoms with Gasteiger partial charge in [0, 0.05) is 38.4 Å². The van der Waals surface area contributed by atoms with E-state index in [9.17, 15) is 0 Å². The Kier molecular flexibility index (Phi) is 11.7. The van der Waals surface area contributed by atoms with Crippen molar-refractivity contribution >= 4 is 10.4 Å². The van der Waals surface area contributed by atoms with Crippen LogP contribution in [0.15, 0.2) is 0 Å². The number of hydrogen-bond acceptors (Lipinski definition) is 2. The first kappa shape index (κ1) is 15.7. The first-order valence-electron chi connectivity index (χ1n) is 0.698. The second-order valence-corrected chi connectivity index (χ2v) is 1.34. The molecule has 0 saturated carbocycles. The molecule has 44 valence electrons. The van der Waals surface area contributed by atoms with Gasteiger partial charge in [-0.05, 0) is 0 Å². The summed E-state index contributed by atoms with van der Waals surface area (Å²) in [5.41, 5.74) is 0. The molecule has 7 heavy (non-hydrogen) atoms. The maximum absolute atomic E-state index is 8.74. The summed E-state index contributed by atoms with van der Waals surface area (Å²) in [6.45, 7) is 0. The maximum Gasteiger partial charge on any atom is 0.394 e. The standard InChI is InChI=1S/Cr.Mo.H2O4S/c;;1-5(2,3)4/h;;(H2,1,2,3,4). The van der Waals surface area contributed by atoms with Gasteiger partial charge in [0.1, 0.15) is 0 Å². The number of rotatable bonds is 0. The van der Waals surface area contributed by atoms with Gasteiger partial charge in [-0.1, -0.05) is 0 Å². The molecule has 0 unspecified atom stereocenters. The molecule has 0 heterocycles. The topological polar surface area (TPSA) is 74.6 Å². The van der Waals surface area contributed by atoms with Gasteiger partial charge in [-0.15, -0.1) is 0 Å². The molecule has 0 aromatic heterocycles. The van der Waals surface area contributed by atoms with Crippen molar-refractivity contribution in [3.05, 3.63) is 0 Å². The zero-order chi connectivity index (χ0) is 4.50. The summed E-state index contributed by atoms with van der Waals surface area (Å²) in [5.74, 6) is 0. The molecule has 0 bridgehead atoms. The van der Waals surface area contributed by atoms with Crippen molar-refractivity contribution in [3.63, 3.8) is 0 Å². The minimum absolute atomic E-state index is 0. The van der Waals surface area contributed by atoms with Crippen molar-refractivity contribution in [1.82, 2.24) is 0 Å². The Hall–Kier alpha value is 1.09. The summed E-state index contributed by atoms with van der Waals surface area (Å²) in [5, 5.41) is 0.